The first-order valence-electron chi connectivity index (χ1n) is 6.09. The van der Waals surface area contributed by atoms with E-state index in [1.165, 1.54) is 0 Å². The Morgan fingerprint density at radius 3 is 2.56 bits per heavy atom. The topological polar surface area (TPSA) is 71.1 Å². The highest BCUT2D eigenvalue weighted by atomic mass is 32.2. The average Bonchev–Trinajstić information content (AvgIpc) is 2.35. The van der Waals surface area contributed by atoms with Gasteiger partial charge in [0.25, 0.3) is 0 Å². The minimum atomic E-state index is -3.21. The summed E-state index contributed by atoms with van der Waals surface area (Å²) in [4.78, 5) is 3.91. The Kier molecular flexibility index (Phi) is 6.24. The van der Waals surface area contributed by atoms with Crippen LogP contribution in [0.25, 0.3) is 0 Å². The normalized spacial score (nSPS) is 13.4. The molecule has 0 aliphatic heterocycles. The summed E-state index contributed by atoms with van der Waals surface area (Å²) >= 11 is 0. The molecule has 0 saturated heterocycles. The van der Waals surface area contributed by atoms with Crippen LogP contribution in [0.15, 0.2) is 24.5 Å². The molecule has 0 aliphatic carbocycles. The maximum atomic E-state index is 11.8. The lowest BCUT2D eigenvalue weighted by Crippen LogP contribution is -2.29. The van der Waals surface area contributed by atoms with Gasteiger partial charge < -0.3 is 5.32 Å². The minimum absolute atomic E-state index is 0.171. The van der Waals surface area contributed by atoms with Gasteiger partial charge >= 0.3 is 0 Å². The second-order valence-corrected chi connectivity index (χ2v) is 6.12. The Balaban J connectivity index is 2.45. The number of nitrogens with zero attached hydrogens (tertiary/aromatic N) is 1. The fraction of sp³-hybridized carbons (Fsp3) is 0.583. The van der Waals surface area contributed by atoms with E-state index >= 15 is 0 Å². The number of sulfonamides is 1. The van der Waals surface area contributed by atoms with Gasteiger partial charge in [-0.15, -0.1) is 0 Å². The Labute approximate surface area is 109 Å². The Morgan fingerprint density at radius 2 is 1.94 bits per heavy atom. The van der Waals surface area contributed by atoms with E-state index in [0.717, 1.165) is 18.5 Å². The summed E-state index contributed by atoms with van der Waals surface area (Å²) in [5.74, 6) is 0.171. The van der Waals surface area contributed by atoms with Gasteiger partial charge in [0, 0.05) is 18.4 Å². The number of unbranched alkanes of at least 4 members (excludes halogenated alkanes) is 1. The summed E-state index contributed by atoms with van der Waals surface area (Å²) in [6.07, 6.45) is 4.85. The second-order valence-electron chi connectivity index (χ2n) is 4.25. The Bertz CT molecular complexity index is 434. The summed E-state index contributed by atoms with van der Waals surface area (Å²) in [6.45, 7) is 2.68. The number of hydrogen-bond donors (Lipinski definition) is 2. The van der Waals surface area contributed by atoms with E-state index in [1.807, 2.05) is 26.1 Å². The molecule has 18 heavy (non-hydrogen) atoms. The summed E-state index contributed by atoms with van der Waals surface area (Å²) in [7, 11) is -1.35. The molecule has 2 N–H and O–H groups in total. The molecule has 1 unspecified atom stereocenters. The number of pyridine rings is 1. The van der Waals surface area contributed by atoms with Gasteiger partial charge in [-0.05, 0) is 51.1 Å². The third-order valence-corrected chi connectivity index (χ3v) is 4.19. The molecular weight excluding hydrogens is 250 g/mol. The van der Waals surface area contributed by atoms with Gasteiger partial charge in [0.1, 0.15) is 0 Å². The summed E-state index contributed by atoms with van der Waals surface area (Å²) in [6, 6.07) is 3.41. The zero-order valence-electron chi connectivity index (χ0n) is 10.9. The van der Waals surface area contributed by atoms with E-state index in [0.29, 0.717) is 6.42 Å². The van der Waals surface area contributed by atoms with Crippen molar-refractivity contribution in [2.75, 3.05) is 19.3 Å². The molecule has 1 aromatic rings. The third-order valence-electron chi connectivity index (χ3n) is 2.65. The van der Waals surface area contributed by atoms with Gasteiger partial charge in [0.2, 0.25) is 10.0 Å². The molecule has 1 aromatic heterocycles. The monoisotopic (exact) mass is 271 g/mol. The molecule has 0 saturated carbocycles. The van der Waals surface area contributed by atoms with Crippen LogP contribution in [-0.4, -0.2) is 32.7 Å². The lowest BCUT2D eigenvalue weighted by molar-refractivity contribution is 0.561. The second kappa shape index (κ2) is 7.45. The molecule has 1 heterocycles. The first-order valence-corrected chi connectivity index (χ1v) is 7.75. The van der Waals surface area contributed by atoms with Gasteiger partial charge in [-0.25, -0.2) is 13.1 Å². The predicted octanol–water partition coefficient (Wildman–Crippen LogP) is 1.06. The lowest BCUT2D eigenvalue weighted by Gasteiger charge is -2.14. The summed E-state index contributed by atoms with van der Waals surface area (Å²) in [5.41, 5.74) is 0.920. The van der Waals surface area contributed by atoms with E-state index < -0.39 is 10.0 Å². The maximum Gasteiger partial charge on any atom is 0.212 e. The SMILES string of the molecule is CNCCCCS(=O)(=O)NC(C)c1ccncc1. The molecule has 6 heteroatoms. The number of aromatic nitrogens is 1. The molecule has 0 bridgehead atoms. The molecule has 1 rings (SSSR count). The number of rotatable bonds is 8. The highest BCUT2D eigenvalue weighted by Crippen LogP contribution is 2.12. The van der Waals surface area contributed by atoms with Crippen LogP contribution < -0.4 is 10.0 Å². The molecule has 1 atom stereocenters. The van der Waals surface area contributed by atoms with E-state index in [-0.39, 0.29) is 11.8 Å². The molecule has 0 fully saturated rings. The maximum absolute atomic E-state index is 11.8. The highest BCUT2D eigenvalue weighted by Gasteiger charge is 2.15. The van der Waals surface area contributed by atoms with E-state index in [1.54, 1.807) is 12.4 Å². The van der Waals surface area contributed by atoms with Gasteiger partial charge in [-0.1, -0.05) is 0 Å². The van der Waals surface area contributed by atoms with Crippen LogP contribution in [0, 0.1) is 0 Å². The van der Waals surface area contributed by atoms with E-state index in [4.69, 9.17) is 0 Å². The molecule has 0 aliphatic rings. The van der Waals surface area contributed by atoms with Crippen molar-refractivity contribution in [3.63, 3.8) is 0 Å². The van der Waals surface area contributed by atoms with Crippen molar-refractivity contribution < 1.29 is 8.42 Å². The summed E-state index contributed by atoms with van der Waals surface area (Å²) in [5, 5.41) is 3.00. The smallest absolute Gasteiger partial charge is 0.212 e. The van der Waals surface area contributed by atoms with Crippen molar-refractivity contribution in [3.05, 3.63) is 30.1 Å². The fourth-order valence-corrected chi connectivity index (χ4v) is 3.02. The zero-order chi connectivity index (χ0) is 13.4. The van der Waals surface area contributed by atoms with Crippen LogP contribution >= 0.6 is 0 Å². The zero-order valence-corrected chi connectivity index (χ0v) is 11.7. The van der Waals surface area contributed by atoms with Crippen LogP contribution in [0.3, 0.4) is 0 Å². The molecule has 102 valence electrons. The quantitative estimate of drug-likeness (QED) is 0.694. The number of hydrogen-bond acceptors (Lipinski definition) is 4. The standard InChI is InChI=1S/C12H21N3O2S/c1-11(12-5-8-14-9-6-12)15-18(16,17)10-4-3-7-13-2/h5-6,8-9,11,13,15H,3-4,7,10H2,1-2H3. The van der Waals surface area contributed by atoms with Crippen molar-refractivity contribution in [1.82, 2.24) is 15.0 Å². The molecule has 0 radical (unpaired) electrons. The van der Waals surface area contributed by atoms with Crippen molar-refractivity contribution in [3.8, 4) is 0 Å². The van der Waals surface area contributed by atoms with Crippen LogP contribution in [0.4, 0.5) is 0 Å². The van der Waals surface area contributed by atoms with Crippen LogP contribution in [0.2, 0.25) is 0 Å². The van der Waals surface area contributed by atoms with Gasteiger partial charge in [0.05, 0.1) is 5.75 Å². The molecule has 0 aromatic carbocycles. The average molecular weight is 271 g/mol. The van der Waals surface area contributed by atoms with E-state index in [9.17, 15) is 8.42 Å². The van der Waals surface area contributed by atoms with Crippen molar-refractivity contribution in [1.29, 1.82) is 0 Å². The lowest BCUT2D eigenvalue weighted by atomic mass is 10.1. The van der Waals surface area contributed by atoms with Crippen molar-refractivity contribution >= 4 is 10.0 Å². The Hall–Kier alpha value is -0.980. The highest BCUT2D eigenvalue weighted by molar-refractivity contribution is 7.89. The fourth-order valence-electron chi connectivity index (χ4n) is 1.64. The third kappa shape index (κ3) is 5.57. The predicted molar refractivity (Wildman–Crippen MR) is 72.7 cm³/mol. The minimum Gasteiger partial charge on any atom is -0.320 e. The Morgan fingerprint density at radius 1 is 1.28 bits per heavy atom. The first kappa shape index (κ1) is 15.1. The van der Waals surface area contributed by atoms with Crippen molar-refractivity contribution in [2.24, 2.45) is 0 Å². The number of nitrogens with one attached hydrogen (secondary N) is 2. The molecular formula is C12H21N3O2S. The van der Waals surface area contributed by atoms with Gasteiger partial charge in [0.15, 0.2) is 0 Å². The van der Waals surface area contributed by atoms with Crippen LogP contribution in [-0.2, 0) is 10.0 Å². The first-order chi connectivity index (χ1) is 8.55. The largest absolute Gasteiger partial charge is 0.320 e. The van der Waals surface area contributed by atoms with E-state index in [2.05, 4.69) is 15.0 Å². The summed E-state index contributed by atoms with van der Waals surface area (Å²) < 4.78 is 26.3. The molecule has 0 amide bonds. The van der Waals surface area contributed by atoms with Crippen molar-refractivity contribution in [2.45, 2.75) is 25.8 Å². The molecule has 5 nitrogen and oxygen atoms in total. The van der Waals surface area contributed by atoms with Crippen LogP contribution in [0.1, 0.15) is 31.4 Å². The van der Waals surface area contributed by atoms with Crippen LogP contribution in [0.5, 0.6) is 0 Å². The molecule has 0 spiro atoms. The van der Waals surface area contributed by atoms with Gasteiger partial charge in [-0.3, -0.25) is 4.98 Å². The van der Waals surface area contributed by atoms with Gasteiger partial charge in [-0.2, -0.15) is 0 Å².